The minimum Gasteiger partial charge on any atom is -0.385 e. The normalized spacial score (nSPS) is 21.7. The second-order valence-corrected chi connectivity index (χ2v) is 8.32. The summed E-state index contributed by atoms with van der Waals surface area (Å²) in [5.74, 6) is -5.20. The lowest BCUT2D eigenvalue weighted by Gasteiger charge is -2.33. The van der Waals surface area contributed by atoms with Crippen molar-refractivity contribution >= 4 is 52.0 Å². The van der Waals surface area contributed by atoms with Crippen LogP contribution in [0.5, 0.6) is 0 Å². The number of carbonyl (C=O) groups excluding carboxylic acids is 1. The largest absolute Gasteiger partial charge is 0.385 e. The lowest BCUT2D eigenvalue weighted by Crippen LogP contribution is -2.45. The zero-order valence-electron chi connectivity index (χ0n) is 14.4. The highest BCUT2D eigenvalue weighted by Gasteiger charge is 2.54. The van der Waals surface area contributed by atoms with E-state index in [1.807, 2.05) is 0 Å². The van der Waals surface area contributed by atoms with E-state index in [1.165, 1.54) is 12.1 Å². The van der Waals surface area contributed by atoms with Crippen molar-refractivity contribution in [1.29, 1.82) is 0 Å². The molecule has 0 saturated carbocycles. The molecule has 3 N–H and O–H groups in total. The van der Waals surface area contributed by atoms with Gasteiger partial charge in [0, 0.05) is 11.3 Å². The van der Waals surface area contributed by atoms with Crippen LogP contribution in [0.4, 0.5) is 18.9 Å². The molecule has 0 spiro atoms. The Hall–Kier alpha value is -1.81. The molecule has 1 aliphatic heterocycles. The number of nitrogens with zero attached hydrogens (tertiary/aromatic N) is 1. The summed E-state index contributed by atoms with van der Waals surface area (Å²) in [7, 11) is 0. The van der Waals surface area contributed by atoms with E-state index < -0.39 is 35.4 Å². The van der Waals surface area contributed by atoms with Crippen LogP contribution in [0.3, 0.4) is 0 Å². The SMILES string of the molecule is CC1(c2cc(NC(=O)c3cc(Cl)c(Cl)s3)ccc2F)N=C(N)COCC1(F)F. The van der Waals surface area contributed by atoms with Crippen molar-refractivity contribution in [1.82, 2.24) is 0 Å². The minimum absolute atomic E-state index is 0.0954. The smallest absolute Gasteiger partial charge is 0.299 e. The zero-order chi connectivity index (χ0) is 20.7. The fraction of sp³-hybridized carbons (Fsp3) is 0.294. The van der Waals surface area contributed by atoms with Crippen LogP contribution < -0.4 is 11.1 Å². The van der Waals surface area contributed by atoms with Gasteiger partial charge in [-0.25, -0.2) is 13.2 Å². The number of halogens is 5. The molecule has 1 aliphatic rings. The van der Waals surface area contributed by atoms with E-state index in [4.69, 9.17) is 33.7 Å². The topological polar surface area (TPSA) is 76.7 Å². The van der Waals surface area contributed by atoms with E-state index in [9.17, 15) is 18.0 Å². The van der Waals surface area contributed by atoms with E-state index in [0.717, 1.165) is 30.4 Å². The quantitative estimate of drug-likeness (QED) is 0.710. The second-order valence-electron chi connectivity index (χ2n) is 6.25. The lowest BCUT2D eigenvalue weighted by atomic mass is 9.85. The van der Waals surface area contributed by atoms with Gasteiger partial charge in [-0.2, -0.15) is 0 Å². The summed E-state index contributed by atoms with van der Waals surface area (Å²) in [5.41, 5.74) is 2.96. The maximum Gasteiger partial charge on any atom is 0.299 e. The highest BCUT2D eigenvalue weighted by atomic mass is 35.5. The summed E-state index contributed by atoms with van der Waals surface area (Å²) < 4.78 is 48.9. The molecule has 0 bridgehead atoms. The zero-order valence-corrected chi connectivity index (χ0v) is 16.7. The van der Waals surface area contributed by atoms with Crippen molar-refractivity contribution in [3.05, 3.63) is 49.9 Å². The molecule has 11 heteroatoms. The van der Waals surface area contributed by atoms with Gasteiger partial charge in [-0.3, -0.25) is 9.79 Å². The molecule has 1 unspecified atom stereocenters. The summed E-state index contributed by atoms with van der Waals surface area (Å²) in [5, 5.41) is 2.72. The first-order valence-electron chi connectivity index (χ1n) is 7.89. The second kappa shape index (κ2) is 7.55. The van der Waals surface area contributed by atoms with Gasteiger partial charge in [0.15, 0.2) is 5.54 Å². The van der Waals surface area contributed by atoms with Crippen molar-refractivity contribution in [3.8, 4) is 0 Å². The van der Waals surface area contributed by atoms with E-state index in [-0.39, 0.29) is 32.4 Å². The first-order valence-corrected chi connectivity index (χ1v) is 9.47. The van der Waals surface area contributed by atoms with Crippen LogP contribution >= 0.6 is 34.5 Å². The summed E-state index contributed by atoms with van der Waals surface area (Å²) in [4.78, 5) is 16.4. The average Bonchev–Trinajstić information content (AvgIpc) is 2.90. The number of ether oxygens (including phenoxy) is 1. The molecular weight excluding hydrogens is 438 g/mol. The number of aliphatic imine (C=N–C) groups is 1. The molecule has 5 nitrogen and oxygen atoms in total. The number of amidine groups is 1. The monoisotopic (exact) mass is 451 g/mol. The predicted molar refractivity (Wildman–Crippen MR) is 103 cm³/mol. The third-order valence-corrected chi connectivity index (χ3v) is 6.09. The molecule has 28 heavy (non-hydrogen) atoms. The number of hydrogen-bond donors (Lipinski definition) is 2. The van der Waals surface area contributed by atoms with E-state index >= 15 is 0 Å². The highest BCUT2D eigenvalue weighted by molar-refractivity contribution is 7.18. The van der Waals surface area contributed by atoms with Crippen molar-refractivity contribution in [2.75, 3.05) is 18.5 Å². The Kier molecular flexibility index (Phi) is 5.64. The van der Waals surface area contributed by atoms with E-state index in [1.54, 1.807) is 0 Å². The molecule has 2 aromatic rings. The summed E-state index contributed by atoms with van der Waals surface area (Å²) in [6.45, 7) is -0.198. The standard InChI is InChI=1S/C17H14Cl2F3N3O2S/c1-16(17(21,22)7-27-6-13(23)25-16)9-4-8(2-3-11(9)20)24-15(26)12-5-10(18)14(19)28-12/h2-5H,6-7H2,1H3,(H2,23,25)(H,24,26). The molecule has 0 saturated heterocycles. The van der Waals surface area contributed by atoms with Crippen LogP contribution in [0.15, 0.2) is 29.3 Å². The van der Waals surface area contributed by atoms with Gasteiger partial charge >= 0.3 is 0 Å². The molecule has 0 fully saturated rings. The van der Waals surface area contributed by atoms with Crippen LogP contribution in [0, 0.1) is 5.82 Å². The molecule has 2 heterocycles. The Labute approximate surface area is 172 Å². The summed E-state index contributed by atoms with van der Waals surface area (Å²) >= 11 is 12.6. The number of alkyl halides is 2. The number of nitrogens with two attached hydrogens (primary N) is 1. The van der Waals surface area contributed by atoms with Gasteiger partial charge in [-0.05, 0) is 31.2 Å². The minimum atomic E-state index is -3.54. The van der Waals surface area contributed by atoms with Crippen LogP contribution in [-0.2, 0) is 10.3 Å². The number of carbonyl (C=O) groups is 1. The van der Waals surface area contributed by atoms with Gasteiger partial charge in [0.25, 0.3) is 11.8 Å². The number of thiophene rings is 1. The van der Waals surface area contributed by atoms with Gasteiger partial charge in [0.1, 0.15) is 29.2 Å². The number of amides is 1. The molecule has 1 aromatic carbocycles. The molecule has 3 rings (SSSR count). The van der Waals surface area contributed by atoms with Crippen LogP contribution in [0.25, 0.3) is 0 Å². The molecule has 1 atom stereocenters. The molecular formula is C17H14Cl2F3N3O2S. The Balaban J connectivity index is 1.99. The maximum absolute atomic E-state index is 14.7. The first kappa shape index (κ1) is 20.9. The van der Waals surface area contributed by atoms with Gasteiger partial charge in [0.05, 0.1) is 9.90 Å². The summed E-state index contributed by atoms with van der Waals surface area (Å²) in [6, 6.07) is 4.69. The maximum atomic E-state index is 14.7. The van der Waals surface area contributed by atoms with Crippen molar-refractivity contribution in [2.45, 2.75) is 18.4 Å². The molecule has 1 aromatic heterocycles. The third kappa shape index (κ3) is 3.84. The van der Waals surface area contributed by atoms with Crippen molar-refractivity contribution in [2.24, 2.45) is 10.7 Å². The van der Waals surface area contributed by atoms with Crippen molar-refractivity contribution < 1.29 is 22.7 Å². The third-order valence-electron chi connectivity index (χ3n) is 4.23. The fourth-order valence-electron chi connectivity index (χ4n) is 2.71. The van der Waals surface area contributed by atoms with Crippen LogP contribution in [0.2, 0.25) is 9.36 Å². The molecule has 1 amide bonds. The lowest BCUT2D eigenvalue weighted by molar-refractivity contribution is -0.116. The average molecular weight is 452 g/mol. The van der Waals surface area contributed by atoms with Crippen LogP contribution in [-0.4, -0.2) is 30.9 Å². The van der Waals surface area contributed by atoms with E-state index in [2.05, 4.69) is 10.3 Å². The Morgan fingerprint density at radius 1 is 1.36 bits per heavy atom. The Morgan fingerprint density at radius 2 is 2.07 bits per heavy atom. The van der Waals surface area contributed by atoms with Gasteiger partial charge in [-0.1, -0.05) is 23.2 Å². The Bertz CT molecular complexity index is 948. The van der Waals surface area contributed by atoms with Crippen molar-refractivity contribution in [3.63, 3.8) is 0 Å². The number of nitrogens with one attached hydrogen (secondary N) is 1. The van der Waals surface area contributed by atoms with Gasteiger partial charge < -0.3 is 15.8 Å². The van der Waals surface area contributed by atoms with Gasteiger partial charge in [-0.15, -0.1) is 11.3 Å². The molecule has 0 radical (unpaired) electrons. The predicted octanol–water partition coefficient (Wildman–Crippen LogP) is 4.68. The molecule has 150 valence electrons. The Morgan fingerprint density at radius 3 is 2.71 bits per heavy atom. The summed E-state index contributed by atoms with van der Waals surface area (Å²) in [6.07, 6.45) is 0. The number of rotatable bonds is 3. The number of benzene rings is 1. The molecule has 0 aliphatic carbocycles. The first-order chi connectivity index (χ1) is 13.0. The van der Waals surface area contributed by atoms with Gasteiger partial charge in [0.2, 0.25) is 0 Å². The van der Waals surface area contributed by atoms with E-state index in [0.29, 0.717) is 0 Å². The number of hydrogen-bond acceptors (Lipinski definition) is 5. The van der Waals surface area contributed by atoms with Crippen LogP contribution in [0.1, 0.15) is 22.2 Å². The fourth-order valence-corrected chi connectivity index (χ4v) is 3.97. The highest BCUT2D eigenvalue weighted by Crippen LogP contribution is 2.44. The number of anilines is 1.